The number of rotatable bonds is 5. The van der Waals surface area contributed by atoms with Gasteiger partial charge < -0.3 is 14.8 Å². The van der Waals surface area contributed by atoms with E-state index in [4.69, 9.17) is 9.47 Å². The molecule has 1 aliphatic rings. The zero-order valence-corrected chi connectivity index (χ0v) is 14.6. The molecule has 0 radical (unpaired) electrons. The van der Waals surface area contributed by atoms with Crippen LogP contribution in [0.5, 0.6) is 11.5 Å². The summed E-state index contributed by atoms with van der Waals surface area (Å²) in [7, 11) is 1.78. The number of hydrogen-bond donors (Lipinski definition) is 1. The highest BCUT2D eigenvalue weighted by Crippen LogP contribution is 2.31. The Balaban J connectivity index is 1.64. The predicted octanol–water partition coefficient (Wildman–Crippen LogP) is 3.20. The first-order chi connectivity index (χ1) is 12.4. The zero-order chi connectivity index (χ0) is 18.7. The number of likely N-dealkylation sites (N-methyl/N-ethyl adjacent to an activating group) is 1. The van der Waals surface area contributed by atoms with E-state index >= 15 is 0 Å². The molecule has 0 aliphatic carbocycles. The number of carbonyl (C=O) groups excluding carboxylic acids is 1. The lowest BCUT2D eigenvalue weighted by molar-refractivity contribution is -0.120. The number of benzene rings is 2. The van der Waals surface area contributed by atoms with Crippen molar-refractivity contribution in [3.63, 3.8) is 0 Å². The average molecular weight is 362 g/mol. The molecule has 1 N–H and O–H groups in total. The fourth-order valence-electron chi connectivity index (χ4n) is 2.64. The third-order valence-corrected chi connectivity index (χ3v) is 4.27. The number of amides is 1. The highest BCUT2D eigenvalue weighted by Gasteiger charge is 2.20. The minimum absolute atomic E-state index is 0.172. The normalized spacial score (nSPS) is 14.2. The quantitative estimate of drug-likeness (QED) is 0.888. The second-order valence-electron chi connectivity index (χ2n) is 6.18. The van der Waals surface area contributed by atoms with Crippen LogP contribution in [0, 0.1) is 11.6 Å². The van der Waals surface area contributed by atoms with Crippen molar-refractivity contribution >= 4 is 11.6 Å². The molecule has 1 atom stereocenters. The molecule has 1 heterocycles. The maximum absolute atomic E-state index is 13.7. The van der Waals surface area contributed by atoms with Crippen LogP contribution in [0.1, 0.15) is 12.5 Å². The van der Waals surface area contributed by atoms with Crippen LogP contribution in [0.4, 0.5) is 14.5 Å². The molecule has 5 nitrogen and oxygen atoms in total. The van der Waals surface area contributed by atoms with E-state index in [1.54, 1.807) is 18.9 Å². The fourth-order valence-corrected chi connectivity index (χ4v) is 2.64. The molecular weight excluding hydrogens is 342 g/mol. The Morgan fingerprint density at radius 1 is 1.15 bits per heavy atom. The van der Waals surface area contributed by atoms with Gasteiger partial charge in [-0.2, -0.15) is 0 Å². The van der Waals surface area contributed by atoms with Crippen molar-refractivity contribution in [1.82, 2.24) is 4.90 Å². The number of hydrogen-bond acceptors (Lipinski definition) is 4. The Morgan fingerprint density at radius 3 is 2.65 bits per heavy atom. The van der Waals surface area contributed by atoms with Gasteiger partial charge in [0, 0.05) is 12.6 Å². The molecular formula is C19H20F2N2O3. The standard InChI is InChI=1S/C19H20F2N2O3/c1-12(19(24)22-16-10-14(20)4-5-15(16)21)23(2)11-13-3-6-17-18(9-13)26-8-7-25-17/h3-6,9-10,12H,7-8,11H2,1-2H3,(H,22,24)/t12-/m0/s1. The number of fused-ring (bicyclic) bond motifs is 1. The molecule has 7 heteroatoms. The molecule has 26 heavy (non-hydrogen) atoms. The molecule has 0 bridgehead atoms. The fraction of sp³-hybridized carbons (Fsp3) is 0.316. The van der Waals surface area contributed by atoms with E-state index in [1.807, 2.05) is 18.2 Å². The van der Waals surface area contributed by atoms with Crippen LogP contribution in [0.3, 0.4) is 0 Å². The first kappa shape index (κ1) is 18.1. The summed E-state index contributed by atoms with van der Waals surface area (Å²) in [5, 5.41) is 2.43. The topological polar surface area (TPSA) is 50.8 Å². The molecule has 1 amide bonds. The van der Waals surface area contributed by atoms with Gasteiger partial charge in [-0.15, -0.1) is 0 Å². The SMILES string of the molecule is C[C@@H](C(=O)Nc1cc(F)ccc1F)N(C)Cc1ccc2c(c1)OCCO2. The van der Waals surface area contributed by atoms with Gasteiger partial charge in [0.15, 0.2) is 11.5 Å². The summed E-state index contributed by atoms with van der Waals surface area (Å²) in [5.74, 6) is -0.328. The first-order valence-electron chi connectivity index (χ1n) is 8.28. The van der Waals surface area contributed by atoms with Gasteiger partial charge in [-0.3, -0.25) is 9.69 Å². The van der Waals surface area contributed by atoms with Crippen LogP contribution in [-0.4, -0.2) is 37.1 Å². The van der Waals surface area contributed by atoms with Crippen LogP contribution in [-0.2, 0) is 11.3 Å². The second-order valence-corrected chi connectivity index (χ2v) is 6.18. The van der Waals surface area contributed by atoms with Crippen molar-refractivity contribution in [2.75, 3.05) is 25.6 Å². The first-order valence-corrected chi connectivity index (χ1v) is 8.28. The maximum Gasteiger partial charge on any atom is 0.241 e. The van der Waals surface area contributed by atoms with Crippen molar-refractivity contribution in [3.05, 3.63) is 53.6 Å². The lowest BCUT2D eigenvalue weighted by atomic mass is 10.1. The van der Waals surface area contributed by atoms with Gasteiger partial charge in [0.2, 0.25) is 5.91 Å². The van der Waals surface area contributed by atoms with Gasteiger partial charge in [-0.25, -0.2) is 8.78 Å². The summed E-state index contributed by atoms with van der Waals surface area (Å²) in [6.07, 6.45) is 0. The number of anilines is 1. The minimum atomic E-state index is -0.679. The van der Waals surface area contributed by atoms with E-state index in [2.05, 4.69) is 5.32 Å². The van der Waals surface area contributed by atoms with E-state index in [-0.39, 0.29) is 5.69 Å². The van der Waals surface area contributed by atoms with Crippen LogP contribution in [0.25, 0.3) is 0 Å². The molecule has 3 rings (SSSR count). The summed E-state index contributed by atoms with van der Waals surface area (Å²) in [6.45, 7) is 3.21. The highest BCUT2D eigenvalue weighted by atomic mass is 19.1. The summed E-state index contributed by atoms with van der Waals surface area (Å²) in [6, 6.07) is 8.01. The Morgan fingerprint density at radius 2 is 1.88 bits per heavy atom. The van der Waals surface area contributed by atoms with E-state index in [0.717, 1.165) is 23.8 Å². The highest BCUT2D eigenvalue weighted by molar-refractivity contribution is 5.94. The van der Waals surface area contributed by atoms with Crippen molar-refractivity contribution in [2.45, 2.75) is 19.5 Å². The minimum Gasteiger partial charge on any atom is -0.486 e. The number of halogens is 2. The molecule has 2 aromatic carbocycles. The summed E-state index contributed by atoms with van der Waals surface area (Å²) in [5.41, 5.74) is 0.780. The Bertz CT molecular complexity index is 813. The van der Waals surface area contributed by atoms with Crippen molar-refractivity contribution in [3.8, 4) is 11.5 Å². The van der Waals surface area contributed by atoms with Gasteiger partial charge in [0.25, 0.3) is 0 Å². The Labute approximate surface area is 150 Å². The molecule has 0 unspecified atom stereocenters. The van der Waals surface area contributed by atoms with Gasteiger partial charge in [0.1, 0.15) is 24.8 Å². The number of nitrogens with zero attached hydrogens (tertiary/aromatic N) is 1. The molecule has 0 saturated heterocycles. The van der Waals surface area contributed by atoms with Crippen LogP contribution < -0.4 is 14.8 Å². The van der Waals surface area contributed by atoms with E-state index < -0.39 is 23.6 Å². The van der Waals surface area contributed by atoms with Gasteiger partial charge >= 0.3 is 0 Å². The molecule has 0 saturated carbocycles. The van der Waals surface area contributed by atoms with Crippen LogP contribution in [0.15, 0.2) is 36.4 Å². The average Bonchev–Trinajstić information content (AvgIpc) is 2.64. The molecule has 0 spiro atoms. The number of ether oxygens (including phenoxy) is 2. The predicted molar refractivity (Wildman–Crippen MR) is 93.3 cm³/mol. The largest absolute Gasteiger partial charge is 0.486 e. The molecule has 1 aliphatic heterocycles. The second kappa shape index (κ2) is 7.70. The van der Waals surface area contributed by atoms with Gasteiger partial charge in [-0.05, 0) is 43.8 Å². The summed E-state index contributed by atoms with van der Waals surface area (Å²) >= 11 is 0. The van der Waals surface area contributed by atoms with Gasteiger partial charge in [0.05, 0.1) is 11.7 Å². The molecule has 138 valence electrons. The number of nitrogens with one attached hydrogen (secondary N) is 1. The van der Waals surface area contributed by atoms with E-state index in [0.29, 0.717) is 31.3 Å². The van der Waals surface area contributed by atoms with E-state index in [9.17, 15) is 13.6 Å². The van der Waals surface area contributed by atoms with Crippen molar-refractivity contribution in [1.29, 1.82) is 0 Å². The summed E-state index contributed by atoms with van der Waals surface area (Å²) in [4.78, 5) is 14.2. The van der Waals surface area contributed by atoms with Crippen molar-refractivity contribution < 1.29 is 23.0 Å². The lowest BCUT2D eigenvalue weighted by Crippen LogP contribution is -2.39. The Kier molecular flexibility index (Phi) is 5.37. The Hall–Kier alpha value is -2.67. The van der Waals surface area contributed by atoms with Crippen molar-refractivity contribution in [2.24, 2.45) is 0 Å². The third kappa shape index (κ3) is 4.11. The van der Waals surface area contributed by atoms with Gasteiger partial charge in [-0.1, -0.05) is 6.07 Å². The lowest BCUT2D eigenvalue weighted by Gasteiger charge is -2.25. The number of carbonyl (C=O) groups is 1. The third-order valence-electron chi connectivity index (χ3n) is 4.27. The maximum atomic E-state index is 13.7. The zero-order valence-electron chi connectivity index (χ0n) is 14.6. The molecule has 0 fully saturated rings. The molecule has 0 aromatic heterocycles. The van der Waals surface area contributed by atoms with Crippen LogP contribution in [0.2, 0.25) is 0 Å². The smallest absolute Gasteiger partial charge is 0.241 e. The summed E-state index contributed by atoms with van der Waals surface area (Å²) < 4.78 is 38.0. The van der Waals surface area contributed by atoms with E-state index in [1.165, 1.54) is 0 Å². The molecule has 2 aromatic rings. The monoisotopic (exact) mass is 362 g/mol. The van der Waals surface area contributed by atoms with Crippen LogP contribution >= 0.6 is 0 Å².